The molecule has 0 aliphatic heterocycles. The standard InChI is InChI=1S/C13H20O2/c1-15-13-10-6-5-9-12(13)8-4-2-3-7-11-14/h5-6,9-10,14H,2-4,7-8,11H2,1H3. The first-order valence-corrected chi connectivity index (χ1v) is 5.61. The average Bonchev–Trinajstić information content (AvgIpc) is 2.29. The van der Waals surface area contributed by atoms with Crippen LogP contribution in [0.4, 0.5) is 0 Å². The first-order valence-electron chi connectivity index (χ1n) is 5.61. The highest BCUT2D eigenvalue weighted by Gasteiger charge is 2.00. The molecule has 0 saturated carbocycles. The number of hydrogen-bond acceptors (Lipinski definition) is 2. The molecule has 0 saturated heterocycles. The molecule has 1 aromatic carbocycles. The predicted octanol–water partition coefficient (Wildman–Crippen LogP) is 2.79. The summed E-state index contributed by atoms with van der Waals surface area (Å²) >= 11 is 0. The van der Waals surface area contributed by atoms with E-state index < -0.39 is 0 Å². The molecule has 84 valence electrons. The number of aryl methyl sites for hydroxylation is 1. The first-order chi connectivity index (χ1) is 7.38. The van der Waals surface area contributed by atoms with Crippen LogP contribution >= 0.6 is 0 Å². The molecule has 0 fully saturated rings. The third kappa shape index (κ3) is 4.34. The van der Waals surface area contributed by atoms with Gasteiger partial charge < -0.3 is 9.84 Å². The summed E-state index contributed by atoms with van der Waals surface area (Å²) in [4.78, 5) is 0. The van der Waals surface area contributed by atoms with Gasteiger partial charge in [-0.15, -0.1) is 0 Å². The Morgan fingerprint density at radius 2 is 1.80 bits per heavy atom. The van der Waals surface area contributed by atoms with Gasteiger partial charge in [-0.1, -0.05) is 31.0 Å². The summed E-state index contributed by atoms with van der Waals surface area (Å²) in [7, 11) is 1.71. The van der Waals surface area contributed by atoms with Crippen molar-refractivity contribution in [3.8, 4) is 5.75 Å². The number of unbranched alkanes of at least 4 members (excludes halogenated alkanes) is 3. The fourth-order valence-electron chi connectivity index (χ4n) is 1.69. The van der Waals surface area contributed by atoms with E-state index >= 15 is 0 Å². The van der Waals surface area contributed by atoms with Gasteiger partial charge in [-0.3, -0.25) is 0 Å². The quantitative estimate of drug-likeness (QED) is 0.698. The van der Waals surface area contributed by atoms with Gasteiger partial charge in [-0.25, -0.2) is 0 Å². The molecule has 1 rings (SSSR count). The lowest BCUT2D eigenvalue weighted by molar-refractivity contribution is 0.282. The minimum atomic E-state index is 0.314. The predicted molar refractivity (Wildman–Crippen MR) is 62.3 cm³/mol. The Morgan fingerprint density at radius 3 is 2.53 bits per heavy atom. The van der Waals surface area contributed by atoms with E-state index in [4.69, 9.17) is 9.84 Å². The SMILES string of the molecule is COc1ccccc1CCCCCCO. The largest absolute Gasteiger partial charge is 0.496 e. The highest BCUT2D eigenvalue weighted by molar-refractivity contribution is 5.33. The van der Waals surface area contributed by atoms with E-state index in [1.807, 2.05) is 18.2 Å². The number of aliphatic hydroxyl groups is 1. The zero-order valence-corrected chi connectivity index (χ0v) is 9.41. The summed E-state index contributed by atoms with van der Waals surface area (Å²) in [6.07, 6.45) is 5.45. The van der Waals surface area contributed by atoms with Crippen LogP contribution in [0.3, 0.4) is 0 Å². The summed E-state index contributed by atoms with van der Waals surface area (Å²) in [5.74, 6) is 0.986. The number of para-hydroxylation sites is 1. The summed E-state index contributed by atoms with van der Waals surface area (Å²) in [5.41, 5.74) is 1.28. The van der Waals surface area contributed by atoms with Gasteiger partial charge in [-0.05, 0) is 30.9 Å². The zero-order chi connectivity index (χ0) is 10.9. The molecule has 0 amide bonds. The number of hydrogen-bond donors (Lipinski definition) is 1. The second-order valence-electron chi connectivity index (χ2n) is 3.70. The Morgan fingerprint density at radius 1 is 1.07 bits per heavy atom. The van der Waals surface area contributed by atoms with Gasteiger partial charge in [0.25, 0.3) is 0 Å². The molecule has 0 aromatic heterocycles. The Hall–Kier alpha value is -1.02. The summed E-state index contributed by atoms with van der Waals surface area (Å²) < 4.78 is 5.28. The van der Waals surface area contributed by atoms with Crippen LogP contribution in [0.2, 0.25) is 0 Å². The molecule has 0 aliphatic carbocycles. The van der Waals surface area contributed by atoms with Gasteiger partial charge in [0.15, 0.2) is 0 Å². The van der Waals surface area contributed by atoms with Crippen LogP contribution < -0.4 is 4.74 Å². The number of methoxy groups -OCH3 is 1. The third-order valence-corrected chi connectivity index (χ3v) is 2.55. The molecular weight excluding hydrogens is 188 g/mol. The second kappa shape index (κ2) is 7.30. The normalized spacial score (nSPS) is 10.3. The number of aliphatic hydroxyl groups excluding tert-OH is 1. The molecule has 0 heterocycles. The zero-order valence-electron chi connectivity index (χ0n) is 9.41. The Balaban J connectivity index is 2.30. The molecule has 2 heteroatoms. The monoisotopic (exact) mass is 208 g/mol. The van der Waals surface area contributed by atoms with E-state index in [1.54, 1.807) is 7.11 Å². The summed E-state index contributed by atoms with van der Waals surface area (Å²) in [6, 6.07) is 8.16. The van der Waals surface area contributed by atoms with Crippen LogP contribution in [0.15, 0.2) is 24.3 Å². The van der Waals surface area contributed by atoms with Crippen LogP contribution in [-0.4, -0.2) is 18.8 Å². The van der Waals surface area contributed by atoms with Crippen LogP contribution in [0, 0.1) is 0 Å². The van der Waals surface area contributed by atoms with E-state index in [-0.39, 0.29) is 0 Å². The van der Waals surface area contributed by atoms with E-state index in [1.165, 1.54) is 18.4 Å². The van der Waals surface area contributed by atoms with Crippen LogP contribution in [0.25, 0.3) is 0 Å². The van der Waals surface area contributed by atoms with Crippen molar-refractivity contribution in [2.24, 2.45) is 0 Å². The molecule has 0 aliphatic rings. The first kappa shape index (κ1) is 12.1. The van der Waals surface area contributed by atoms with E-state index in [0.29, 0.717) is 6.61 Å². The average molecular weight is 208 g/mol. The van der Waals surface area contributed by atoms with Crippen molar-refractivity contribution in [1.29, 1.82) is 0 Å². The highest BCUT2D eigenvalue weighted by Crippen LogP contribution is 2.19. The van der Waals surface area contributed by atoms with Crippen molar-refractivity contribution in [3.63, 3.8) is 0 Å². The summed E-state index contributed by atoms with van der Waals surface area (Å²) in [6.45, 7) is 0.314. The Kier molecular flexibility index (Phi) is 5.86. The van der Waals surface area contributed by atoms with Gasteiger partial charge in [0.1, 0.15) is 5.75 Å². The minimum absolute atomic E-state index is 0.314. The lowest BCUT2D eigenvalue weighted by Crippen LogP contribution is -1.92. The maximum Gasteiger partial charge on any atom is 0.122 e. The van der Waals surface area contributed by atoms with Gasteiger partial charge in [0.2, 0.25) is 0 Å². The van der Waals surface area contributed by atoms with Crippen molar-refractivity contribution in [2.45, 2.75) is 32.1 Å². The lowest BCUT2D eigenvalue weighted by atomic mass is 10.1. The second-order valence-corrected chi connectivity index (χ2v) is 3.70. The van der Waals surface area contributed by atoms with Gasteiger partial charge in [0, 0.05) is 6.61 Å². The van der Waals surface area contributed by atoms with E-state index in [0.717, 1.165) is 25.0 Å². The molecular formula is C13H20O2. The minimum Gasteiger partial charge on any atom is -0.496 e. The van der Waals surface area contributed by atoms with E-state index in [9.17, 15) is 0 Å². The Labute approximate surface area is 91.9 Å². The number of ether oxygens (including phenoxy) is 1. The van der Waals surface area contributed by atoms with Gasteiger partial charge >= 0.3 is 0 Å². The van der Waals surface area contributed by atoms with Crippen molar-refractivity contribution >= 4 is 0 Å². The highest BCUT2D eigenvalue weighted by atomic mass is 16.5. The van der Waals surface area contributed by atoms with Crippen LogP contribution in [0.1, 0.15) is 31.2 Å². The summed E-state index contributed by atoms with van der Waals surface area (Å²) in [5, 5.41) is 8.64. The van der Waals surface area contributed by atoms with Crippen molar-refractivity contribution in [2.75, 3.05) is 13.7 Å². The van der Waals surface area contributed by atoms with Gasteiger partial charge in [-0.2, -0.15) is 0 Å². The van der Waals surface area contributed by atoms with Crippen LogP contribution in [0.5, 0.6) is 5.75 Å². The fraction of sp³-hybridized carbons (Fsp3) is 0.538. The van der Waals surface area contributed by atoms with Crippen molar-refractivity contribution in [3.05, 3.63) is 29.8 Å². The van der Waals surface area contributed by atoms with Crippen LogP contribution in [-0.2, 0) is 6.42 Å². The maximum atomic E-state index is 8.64. The maximum absolute atomic E-state index is 8.64. The van der Waals surface area contributed by atoms with Crippen molar-refractivity contribution in [1.82, 2.24) is 0 Å². The number of benzene rings is 1. The number of rotatable bonds is 7. The van der Waals surface area contributed by atoms with E-state index in [2.05, 4.69) is 6.07 Å². The lowest BCUT2D eigenvalue weighted by Gasteiger charge is -2.07. The third-order valence-electron chi connectivity index (χ3n) is 2.55. The Bertz CT molecular complexity index is 271. The fourth-order valence-corrected chi connectivity index (χ4v) is 1.69. The molecule has 1 aromatic rings. The topological polar surface area (TPSA) is 29.5 Å². The molecule has 0 atom stereocenters. The van der Waals surface area contributed by atoms with Crippen molar-refractivity contribution < 1.29 is 9.84 Å². The molecule has 2 nitrogen and oxygen atoms in total. The molecule has 0 spiro atoms. The molecule has 0 unspecified atom stereocenters. The molecule has 0 bridgehead atoms. The molecule has 15 heavy (non-hydrogen) atoms. The van der Waals surface area contributed by atoms with Gasteiger partial charge in [0.05, 0.1) is 7.11 Å². The molecule has 1 N–H and O–H groups in total. The smallest absolute Gasteiger partial charge is 0.122 e. The molecule has 0 radical (unpaired) electrons.